The highest BCUT2D eigenvalue weighted by Crippen LogP contribution is 2.25. The van der Waals surface area contributed by atoms with Crippen LogP contribution in [-0.4, -0.2) is 18.3 Å². The van der Waals surface area contributed by atoms with Crippen molar-refractivity contribution >= 4 is 17.4 Å². The van der Waals surface area contributed by atoms with Crippen LogP contribution in [0, 0.1) is 0 Å². The Morgan fingerprint density at radius 2 is 2.18 bits per heavy atom. The third kappa shape index (κ3) is 3.97. The van der Waals surface area contributed by atoms with Crippen molar-refractivity contribution in [2.45, 2.75) is 26.4 Å². The summed E-state index contributed by atoms with van der Waals surface area (Å²) >= 11 is 5.42. The molecule has 0 aliphatic carbocycles. The van der Waals surface area contributed by atoms with Crippen LogP contribution < -0.4 is 4.74 Å². The number of halogens is 3. The zero-order valence-electron chi connectivity index (χ0n) is 9.38. The van der Waals surface area contributed by atoms with Gasteiger partial charge in [0.25, 0.3) is 0 Å². The van der Waals surface area contributed by atoms with Gasteiger partial charge < -0.3 is 4.74 Å². The van der Waals surface area contributed by atoms with E-state index in [4.69, 9.17) is 11.6 Å². The number of aryl methyl sites for hydroxylation is 1. The smallest absolute Gasteiger partial charge is 0.387 e. The van der Waals surface area contributed by atoms with Gasteiger partial charge in [0.2, 0.25) is 0 Å². The average molecular weight is 263 g/mol. The molecule has 17 heavy (non-hydrogen) atoms. The van der Waals surface area contributed by atoms with E-state index in [1.807, 2.05) is 6.92 Å². The lowest BCUT2D eigenvalue weighted by Crippen LogP contribution is -2.11. The minimum atomic E-state index is -2.90. The van der Waals surface area contributed by atoms with E-state index < -0.39 is 6.61 Å². The summed E-state index contributed by atoms with van der Waals surface area (Å²) in [4.78, 5) is 11.3. The Balaban J connectivity index is 3.06. The molecule has 0 amide bonds. The highest BCUT2D eigenvalue weighted by molar-refractivity contribution is 6.27. The van der Waals surface area contributed by atoms with Crippen molar-refractivity contribution in [1.82, 2.24) is 0 Å². The molecule has 0 fully saturated rings. The van der Waals surface area contributed by atoms with Crippen molar-refractivity contribution in [2.75, 3.05) is 5.88 Å². The second kappa shape index (κ2) is 6.55. The lowest BCUT2D eigenvalue weighted by Gasteiger charge is -2.13. The third-order valence-corrected chi connectivity index (χ3v) is 2.65. The number of benzene rings is 1. The molecule has 94 valence electrons. The van der Waals surface area contributed by atoms with Crippen LogP contribution >= 0.6 is 11.6 Å². The van der Waals surface area contributed by atoms with Gasteiger partial charge in [-0.2, -0.15) is 8.78 Å². The summed E-state index contributed by atoms with van der Waals surface area (Å²) in [6.45, 7) is -1.01. The van der Waals surface area contributed by atoms with Crippen molar-refractivity contribution in [3.63, 3.8) is 0 Å². The molecular weight excluding hydrogens is 250 g/mol. The molecule has 0 saturated carbocycles. The SMILES string of the molecule is CCc1cccc(OC(F)F)c1CC(=O)CCl. The van der Waals surface area contributed by atoms with E-state index in [1.165, 1.54) is 6.07 Å². The number of alkyl halides is 3. The predicted octanol–water partition coefficient (Wildman–Crippen LogP) is 3.20. The van der Waals surface area contributed by atoms with Crippen LogP contribution in [0.4, 0.5) is 8.78 Å². The van der Waals surface area contributed by atoms with Crippen molar-refractivity contribution in [3.05, 3.63) is 29.3 Å². The van der Waals surface area contributed by atoms with Gasteiger partial charge in [-0.3, -0.25) is 4.79 Å². The second-order valence-corrected chi connectivity index (χ2v) is 3.74. The first kappa shape index (κ1) is 13.9. The van der Waals surface area contributed by atoms with Gasteiger partial charge in [0.05, 0.1) is 5.88 Å². The Bertz CT molecular complexity index is 394. The standard InChI is InChI=1S/C12H13ClF2O2/c1-2-8-4-3-5-11(17-12(14)15)10(8)6-9(16)7-13/h3-5,12H,2,6-7H2,1H3. The van der Waals surface area contributed by atoms with Crippen LogP contribution in [0.1, 0.15) is 18.1 Å². The predicted molar refractivity (Wildman–Crippen MR) is 61.9 cm³/mol. The summed E-state index contributed by atoms with van der Waals surface area (Å²) in [5, 5.41) is 0. The van der Waals surface area contributed by atoms with E-state index in [0.29, 0.717) is 12.0 Å². The Morgan fingerprint density at radius 1 is 1.47 bits per heavy atom. The highest BCUT2D eigenvalue weighted by Gasteiger charge is 2.15. The lowest BCUT2D eigenvalue weighted by atomic mass is 10.00. The summed E-state index contributed by atoms with van der Waals surface area (Å²) in [6, 6.07) is 4.85. The Hall–Kier alpha value is -1.16. The van der Waals surface area contributed by atoms with Gasteiger partial charge in [-0.25, -0.2) is 0 Å². The normalized spacial score (nSPS) is 10.6. The molecule has 0 N–H and O–H groups in total. The number of ether oxygens (including phenoxy) is 1. The first-order valence-corrected chi connectivity index (χ1v) is 5.75. The molecule has 0 saturated heterocycles. The van der Waals surface area contributed by atoms with Crippen LogP contribution in [-0.2, 0) is 17.6 Å². The third-order valence-electron chi connectivity index (χ3n) is 2.35. The van der Waals surface area contributed by atoms with Gasteiger partial charge in [-0.1, -0.05) is 19.1 Å². The number of Topliss-reactive ketones (excluding diaryl/α,β-unsaturated/α-hetero) is 1. The summed E-state index contributed by atoms with van der Waals surface area (Å²) in [6.07, 6.45) is 0.668. The molecule has 0 heterocycles. The molecule has 0 aliphatic heterocycles. The zero-order chi connectivity index (χ0) is 12.8. The number of carbonyl (C=O) groups is 1. The number of hydrogen-bond acceptors (Lipinski definition) is 2. The van der Waals surface area contributed by atoms with Gasteiger partial charge in [-0.15, -0.1) is 11.6 Å². The van der Waals surface area contributed by atoms with Crippen LogP contribution in [0.5, 0.6) is 5.75 Å². The number of ketones is 1. The van der Waals surface area contributed by atoms with E-state index in [9.17, 15) is 13.6 Å². The largest absolute Gasteiger partial charge is 0.435 e. The van der Waals surface area contributed by atoms with Crippen molar-refractivity contribution < 1.29 is 18.3 Å². The van der Waals surface area contributed by atoms with Gasteiger partial charge in [-0.05, 0) is 18.1 Å². The van der Waals surface area contributed by atoms with Crippen molar-refractivity contribution in [1.29, 1.82) is 0 Å². The Kier molecular flexibility index (Phi) is 5.35. The van der Waals surface area contributed by atoms with Crippen molar-refractivity contribution in [3.8, 4) is 5.75 Å². The molecule has 0 aromatic heterocycles. The molecule has 0 bridgehead atoms. The Labute approximate surface area is 104 Å². The zero-order valence-corrected chi connectivity index (χ0v) is 10.1. The molecule has 0 radical (unpaired) electrons. The molecule has 0 spiro atoms. The fraction of sp³-hybridized carbons (Fsp3) is 0.417. The summed E-state index contributed by atoms with van der Waals surface area (Å²) in [5.41, 5.74) is 1.32. The molecule has 5 heteroatoms. The fourth-order valence-corrected chi connectivity index (χ4v) is 1.69. The fourth-order valence-electron chi connectivity index (χ4n) is 1.59. The maximum atomic E-state index is 12.2. The number of carbonyl (C=O) groups excluding carboxylic acids is 1. The molecule has 0 aliphatic rings. The average Bonchev–Trinajstić information content (AvgIpc) is 2.30. The minimum Gasteiger partial charge on any atom is -0.435 e. The van der Waals surface area contributed by atoms with E-state index in [-0.39, 0.29) is 23.8 Å². The van der Waals surface area contributed by atoms with E-state index in [2.05, 4.69) is 4.74 Å². The minimum absolute atomic E-state index is 0.0234. The molecule has 2 nitrogen and oxygen atoms in total. The molecule has 0 unspecified atom stereocenters. The molecule has 0 atom stereocenters. The van der Waals surface area contributed by atoms with Gasteiger partial charge in [0.1, 0.15) is 5.75 Å². The van der Waals surface area contributed by atoms with Crippen LogP contribution in [0.2, 0.25) is 0 Å². The number of hydrogen-bond donors (Lipinski definition) is 0. The highest BCUT2D eigenvalue weighted by atomic mass is 35.5. The van der Waals surface area contributed by atoms with Crippen molar-refractivity contribution in [2.24, 2.45) is 0 Å². The van der Waals surface area contributed by atoms with E-state index in [0.717, 1.165) is 5.56 Å². The van der Waals surface area contributed by atoms with Gasteiger partial charge in [0, 0.05) is 12.0 Å². The van der Waals surface area contributed by atoms with Gasteiger partial charge >= 0.3 is 6.61 Å². The molecular formula is C12H13ClF2O2. The van der Waals surface area contributed by atoms with Crippen LogP contribution in [0.15, 0.2) is 18.2 Å². The maximum absolute atomic E-state index is 12.2. The van der Waals surface area contributed by atoms with Gasteiger partial charge in [0.15, 0.2) is 5.78 Å². The summed E-state index contributed by atoms with van der Waals surface area (Å²) in [7, 11) is 0. The molecule has 1 aromatic rings. The Morgan fingerprint density at radius 3 is 2.71 bits per heavy atom. The first-order valence-electron chi connectivity index (χ1n) is 5.21. The maximum Gasteiger partial charge on any atom is 0.387 e. The monoisotopic (exact) mass is 262 g/mol. The second-order valence-electron chi connectivity index (χ2n) is 3.47. The topological polar surface area (TPSA) is 26.3 Å². The summed E-state index contributed by atoms with van der Waals surface area (Å²) < 4.78 is 28.8. The molecule has 1 aromatic carbocycles. The van der Waals surface area contributed by atoms with Crippen LogP contribution in [0.3, 0.4) is 0 Å². The number of rotatable bonds is 6. The lowest BCUT2D eigenvalue weighted by molar-refractivity contribution is -0.116. The van der Waals surface area contributed by atoms with E-state index >= 15 is 0 Å². The van der Waals surface area contributed by atoms with E-state index in [1.54, 1.807) is 12.1 Å². The first-order chi connectivity index (χ1) is 8.08. The van der Waals surface area contributed by atoms with Crippen LogP contribution in [0.25, 0.3) is 0 Å². The quantitative estimate of drug-likeness (QED) is 0.736. The summed E-state index contributed by atoms with van der Waals surface area (Å²) in [5.74, 6) is -0.295. The molecule has 1 rings (SSSR count).